The third-order valence-corrected chi connectivity index (χ3v) is 6.56. The topological polar surface area (TPSA) is 72.9 Å². The highest BCUT2D eigenvalue weighted by atomic mass is 19.3. The monoisotopic (exact) mass is 426 g/mol. The molecule has 1 aromatic heterocycles. The Kier molecular flexibility index (Phi) is 5.88. The van der Waals surface area contributed by atoms with Crippen LogP contribution in [0.3, 0.4) is 0 Å². The van der Waals surface area contributed by atoms with Crippen LogP contribution < -0.4 is 5.73 Å². The quantitative estimate of drug-likeness (QED) is 0.716. The molecule has 2 heterocycles. The number of alkyl halides is 2. The molecule has 2 aromatic rings. The van der Waals surface area contributed by atoms with Gasteiger partial charge in [-0.3, -0.25) is 9.98 Å². The molecule has 1 atom stereocenters. The first-order valence-corrected chi connectivity index (χ1v) is 10.6. The molecule has 5 nitrogen and oxygen atoms in total. The van der Waals surface area contributed by atoms with Crippen molar-refractivity contribution in [3.63, 3.8) is 0 Å². The highest BCUT2D eigenvalue weighted by molar-refractivity contribution is 6.41. The first-order chi connectivity index (χ1) is 14.8. The standard InChI is InChI=1S/C24H28F2N4O/c1-14-4-5-16(17-10-18(22(25)26)13-28-12-17)11-21(14)24(29-15(2)23(27)30-24)19-6-8-20(31-3)9-7-19/h4-5,10-13,19-20,22H,6-9H2,1-3H3,(H2,27,30). The predicted molar refractivity (Wildman–Crippen MR) is 119 cm³/mol. The molecule has 1 aliphatic heterocycles. The summed E-state index contributed by atoms with van der Waals surface area (Å²) in [5.74, 6) is 0.648. The molecule has 1 aromatic carbocycles. The molecule has 0 amide bonds. The highest BCUT2D eigenvalue weighted by Gasteiger charge is 2.46. The van der Waals surface area contributed by atoms with E-state index in [1.807, 2.05) is 32.0 Å². The number of aromatic nitrogens is 1. The predicted octanol–water partition coefficient (Wildman–Crippen LogP) is 5.18. The van der Waals surface area contributed by atoms with Crippen molar-refractivity contribution in [2.45, 2.75) is 57.7 Å². The third-order valence-electron chi connectivity index (χ3n) is 6.56. The van der Waals surface area contributed by atoms with Gasteiger partial charge in [-0.25, -0.2) is 13.8 Å². The van der Waals surface area contributed by atoms with Crippen LogP contribution in [-0.4, -0.2) is 29.7 Å². The fourth-order valence-electron chi connectivity index (χ4n) is 4.76. The first kappa shape index (κ1) is 21.6. The van der Waals surface area contributed by atoms with Gasteiger partial charge in [0.2, 0.25) is 0 Å². The lowest BCUT2D eigenvalue weighted by molar-refractivity contribution is 0.0426. The van der Waals surface area contributed by atoms with Crippen LogP contribution in [0.1, 0.15) is 55.7 Å². The minimum atomic E-state index is -2.56. The van der Waals surface area contributed by atoms with Gasteiger partial charge in [0.1, 0.15) is 5.84 Å². The van der Waals surface area contributed by atoms with Gasteiger partial charge in [0.25, 0.3) is 6.43 Å². The van der Waals surface area contributed by atoms with E-state index in [-0.39, 0.29) is 17.6 Å². The maximum Gasteiger partial charge on any atom is 0.265 e. The molecule has 2 aliphatic rings. The molecule has 0 saturated heterocycles. The summed E-state index contributed by atoms with van der Waals surface area (Å²) in [5, 5.41) is 0. The van der Waals surface area contributed by atoms with E-state index in [1.165, 1.54) is 12.3 Å². The number of rotatable bonds is 5. The Balaban J connectivity index is 1.80. The summed E-state index contributed by atoms with van der Waals surface area (Å²) in [4.78, 5) is 13.9. The third kappa shape index (κ3) is 3.99. The summed E-state index contributed by atoms with van der Waals surface area (Å²) in [6.45, 7) is 3.92. The number of methoxy groups -OCH3 is 1. The van der Waals surface area contributed by atoms with Gasteiger partial charge in [0, 0.05) is 42.1 Å². The van der Waals surface area contributed by atoms with E-state index in [4.69, 9.17) is 20.5 Å². The molecule has 2 N–H and O–H groups in total. The van der Waals surface area contributed by atoms with E-state index in [2.05, 4.69) is 4.98 Å². The zero-order valence-corrected chi connectivity index (χ0v) is 18.1. The number of aryl methyl sites for hydroxylation is 1. The Morgan fingerprint density at radius 2 is 1.77 bits per heavy atom. The molecular formula is C24H28F2N4O. The summed E-state index contributed by atoms with van der Waals surface area (Å²) in [5.41, 5.74) is 9.53. The zero-order chi connectivity index (χ0) is 22.2. The Bertz CT molecular complexity index is 1010. The van der Waals surface area contributed by atoms with Crippen LogP contribution in [0.5, 0.6) is 0 Å². The number of nitrogens with zero attached hydrogens (tertiary/aromatic N) is 3. The van der Waals surface area contributed by atoms with Crippen molar-refractivity contribution in [2.24, 2.45) is 21.6 Å². The number of amidine groups is 1. The second-order valence-electron chi connectivity index (χ2n) is 8.47. The normalized spacial score (nSPS) is 26.1. The van der Waals surface area contributed by atoms with Crippen molar-refractivity contribution in [1.29, 1.82) is 0 Å². The summed E-state index contributed by atoms with van der Waals surface area (Å²) in [7, 11) is 1.75. The van der Waals surface area contributed by atoms with Crippen molar-refractivity contribution < 1.29 is 13.5 Å². The lowest BCUT2D eigenvalue weighted by Crippen LogP contribution is -2.36. The number of hydrogen-bond donors (Lipinski definition) is 1. The molecule has 0 spiro atoms. The maximum atomic E-state index is 13.2. The maximum absolute atomic E-state index is 13.2. The van der Waals surface area contributed by atoms with Crippen molar-refractivity contribution in [1.82, 2.24) is 4.98 Å². The average molecular weight is 427 g/mol. The number of nitrogens with two attached hydrogens (primary N) is 1. The summed E-state index contributed by atoms with van der Waals surface area (Å²) in [6, 6.07) is 7.43. The number of hydrogen-bond acceptors (Lipinski definition) is 5. The van der Waals surface area contributed by atoms with E-state index < -0.39 is 12.1 Å². The fourth-order valence-corrected chi connectivity index (χ4v) is 4.76. The van der Waals surface area contributed by atoms with Crippen molar-refractivity contribution in [3.8, 4) is 11.1 Å². The van der Waals surface area contributed by atoms with E-state index in [9.17, 15) is 8.78 Å². The van der Waals surface area contributed by atoms with E-state index in [0.717, 1.165) is 48.1 Å². The Labute approximate surface area is 181 Å². The minimum absolute atomic E-state index is 0.0933. The van der Waals surface area contributed by atoms with Gasteiger partial charge in [-0.2, -0.15) is 0 Å². The van der Waals surface area contributed by atoms with E-state index in [1.54, 1.807) is 13.3 Å². The van der Waals surface area contributed by atoms with Gasteiger partial charge < -0.3 is 10.5 Å². The fraction of sp³-hybridized carbons (Fsp3) is 0.458. The van der Waals surface area contributed by atoms with Crippen LogP contribution in [0.15, 0.2) is 46.6 Å². The number of ether oxygens (including phenoxy) is 1. The van der Waals surface area contributed by atoms with Gasteiger partial charge in [0.05, 0.1) is 11.8 Å². The SMILES string of the molecule is COC1CCC(C2(c3cc(-c4cncc(C(F)F)c4)ccc3C)N=C(C)C(N)=N2)CC1. The van der Waals surface area contributed by atoms with Crippen molar-refractivity contribution in [2.75, 3.05) is 7.11 Å². The Hall–Kier alpha value is -2.67. The molecule has 1 fully saturated rings. The van der Waals surface area contributed by atoms with Crippen LogP contribution in [0.2, 0.25) is 0 Å². The first-order valence-electron chi connectivity index (χ1n) is 10.6. The van der Waals surface area contributed by atoms with Gasteiger partial charge in [-0.05, 0) is 62.8 Å². The Morgan fingerprint density at radius 1 is 1.03 bits per heavy atom. The lowest BCUT2D eigenvalue weighted by Gasteiger charge is -2.38. The zero-order valence-electron chi connectivity index (χ0n) is 18.1. The molecule has 4 rings (SSSR count). The van der Waals surface area contributed by atoms with Gasteiger partial charge >= 0.3 is 0 Å². The van der Waals surface area contributed by atoms with Crippen LogP contribution >= 0.6 is 0 Å². The highest BCUT2D eigenvalue weighted by Crippen LogP contribution is 2.47. The lowest BCUT2D eigenvalue weighted by atomic mass is 9.74. The smallest absolute Gasteiger partial charge is 0.265 e. The van der Waals surface area contributed by atoms with Gasteiger partial charge in [-0.1, -0.05) is 12.1 Å². The second kappa shape index (κ2) is 8.46. The van der Waals surface area contributed by atoms with Crippen LogP contribution in [0.4, 0.5) is 8.78 Å². The second-order valence-corrected chi connectivity index (χ2v) is 8.47. The largest absolute Gasteiger partial charge is 0.382 e. The van der Waals surface area contributed by atoms with E-state index >= 15 is 0 Å². The summed E-state index contributed by atoms with van der Waals surface area (Å²) >= 11 is 0. The molecule has 1 aliphatic carbocycles. The summed E-state index contributed by atoms with van der Waals surface area (Å²) < 4.78 is 32.0. The minimum Gasteiger partial charge on any atom is -0.382 e. The van der Waals surface area contributed by atoms with E-state index in [0.29, 0.717) is 11.4 Å². The number of benzene rings is 1. The molecule has 164 valence electrons. The molecule has 0 radical (unpaired) electrons. The molecular weight excluding hydrogens is 398 g/mol. The van der Waals surface area contributed by atoms with Crippen molar-refractivity contribution >= 4 is 11.5 Å². The average Bonchev–Trinajstić information content (AvgIpc) is 3.09. The van der Waals surface area contributed by atoms with Crippen LogP contribution in [0, 0.1) is 12.8 Å². The molecule has 1 saturated carbocycles. The van der Waals surface area contributed by atoms with Crippen LogP contribution in [-0.2, 0) is 10.4 Å². The number of halogens is 2. The molecule has 1 unspecified atom stereocenters. The van der Waals surface area contributed by atoms with Gasteiger partial charge in [-0.15, -0.1) is 0 Å². The molecule has 7 heteroatoms. The summed E-state index contributed by atoms with van der Waals surface area (Å²) in [6.07, 6.45) is 4.27. The Morgan fingerprint density at radius 3 is 2.39 bits per heavy atom. The van der Waals surface area contributed by atoms with Crippen molar-refractivity contribution in [3.05, 3.63) is 53.3 Å². The molecule has 0 bridgehead atoms. The number of pyridine rings is 1. The molecule has 31 heavy (non-hydrogen) atoms. The van der Waals surface area contributed by atoms with Crippen LogP contribution in [0.25, 0.3) is 11.1 Å². The van der Waals surface area contributed by atoms with Gasteiger partial charge in [0.15, 0.2) is 5.66 Å². The number of aliphatic imine (C=N–C) groups is 2.